The molecule has 111 valence electrons. The van der Waals surface area contributed by atoms with Crippen molar-refractivity contribution in [2.45, 2.75) is 39.3 Å². The molecular formula is C14H19F3NOY-. The van der Waals surface area contributed by atoms with Crippen molar-refractivity contribution < 1.29 is 50.6 Å². The predicted octanol–water partition coefficient (Wildman–Crippen LogP) is 4.25. The Kier molecular flexibility index (Phi) is 9.85. The molecule has 0 N–H and O–H groups in total. The Morgan fingerprint density at radius 2 is 2.10 bits per heavy atom. The van der Waals surface area contributed by atoms with Crippen LogP contribution in [0.25, 0.3) is 0 Å². The molecule has 1 radical (unpaired) electrons. The number of hydrogen-bond acceptors (Lipinski definition) is 2. The van der Waals surface area contributed by atoms with Crippen molar-refractivity contribution in [3.05, 3.63) is 36.2 Å². The van der Waals surface area contributed by atoms with Crippen molar-refractivity contribution in [3.63, 3.8) is 0 Å². The summed E-state index contributed by atoms with van der Waals surface area (Å²) in [5.74, 6) is 0.855. The zero-order valence-electron chi connectivity index (χ0n) is 11.8. The van der Waals surface area contributed by atoms with Crippen LogP contribution in [0.15, 0.2) is 18.2 Å². The number of pyridine rings is 1. The maximum atomic E-state index is 12.0. The molecule has 1 aromatic rings. The molecule has 0 amide bonds. The van der Waals surface area contributed by atoms with E-state index in [0.29, 0.717) is 12.1 Å². The third kappa shape index (κ3) is 7.70. The minimum absolute atomic E-state index is 0. The van der Waals surface area contributed by atoms with Gasteiger partial charge in [0.1, 0.15) is 5.69 Å². The average molecular weight is 363 g/mol. The fraction of sp³-hybridized carbons (Fsp3) is 0.571. The number of alkyl halides is 3. The van der Waals surface area contributed by atoms with E-state index >= 15 is 0 Å². The van der Waals surface area contributed by atoms with E-state index in [0.717, 1.165) is 25.0 Å². The quantitative estimate of drug-likeness (QED) is 0.696. The van der Waals surface area contributed by atoms with Gasteiger partial charge in [0.05, 0.1) is 0 Å². The SMILES string of the molecule is CC1C[CH-]OCC1.CCc1cccc(C(F)(F)F)n1.[Y]. The number of rotatable bonds is 1. The topological polar surface area (TPSA) is 22.1 Å². The van der Waals surface area contributed by atoms with E-state index in [1.807, 2.05) is 6.61 Å². The van der Waals surface area contributed by atoms with Crippen molar-refractivity contribution >= 4 is 0 Å². The zero-order valence-corrected chi connectivity index (χ0v) is 14.6. The van der Waals surface area contributed by atoms with Gasteiger partial charge in [0.15, 0.2) is 0 Å². The molecule has 1 aromatic heterocycles. The van der Waals surface area contributed by atoms with Crippen LogP contribution in [-0.4, -0.2) is 11.6 Å². The smallest absolute Gasteiger partial charge is 0.433 e. The predicted molar refractivity (Wildman–Crippen MR) is 67.3 cm³/mol. The maximum Gasteiger partial charge on any atom is 0.433 e. The fourth-order valence-electron chi connectivity index (χ4n) is 1.54. The molecule has 0 aliphatic carbocycles. The van der Waals surface area contributed by atoms with Gasteiger partial charge in [0, 0.05) is 45.0 Å². The Balaban J connectivity index is 0.000000387. The number of hydrogen-bond donors (Lipinski definition) is 0. The molecule has 2 heterocycles. The van der Waals surface area contributed by atoms with Crippen LogP contribution in [0.4, 0.5) is 13.2 Å². The van der Waals surface area contributed by atoms with Crippen LogP contribution in [0.1, 0.15) is 38.1 Å². The zero-order chi connectivity index (χ0) is 14.3. The second-order valence-electron chi connectivity index (χ2n) is 4.53. The molecule has 6 heteroatoms. The molecule has 1 aliphatic heterocycles. The van der Waals surface area contributed by atoms with Gasteiger partial charge < -0.3 is 4.74 Å². The van der Waals surface area contributed by atoms with Crippen LogP contribution in [0, 0.1) is 12.5 Å². The van der Waals surface area contributed by atoms with E-state index in [1.165, 1.54) is 12.5 Å². The van der Waals surface area contributed by atoms with E-state index in [4.69, 9.17) is 4.74 Å². The maximum absolute atomic E-state index is 12.0. The van der Waals surface area contributed by atoms with Crippen molar-refractivity contribution in [2.24, 2.45) is 5.92 Å². The molecule has 20 heavy (non-hydrogen) atoms. The van der Waals surface area contributed by atoms with E-state index in [9.17, 15) is 13.2 Å². The Morgan fingerprint density at radius 1 is 1.40 bits per heavy atom. The molecule has 2 nitrogen and oxygen atoms in total. The molecule has 0 bridgehead atoms. The van der Waals surface area contributed by atoms with Crippen molar-refractivity contribution in [3.8, 4) is 0 Å². The van der Waals surface area contributed by atoms with Crippen LogP contribution < -0.4 is 0 Å². The van der Waals surface area contributed by atoms with Crippen molar-refractivity contribution in [1.82, 2.24) is 4.98 Å². The third-order valence-corrected chi connectivity index (χ3v) is 2.80. The van der Waals surface area contributed by atoms with Gasteiger partial charge in [-0.3, -0.25) is 0 Å². The first kappa shape index (κ1) is 20.0. The number of halogens is 3. The largest absolute Gasteiger partial charge is 0.552 e. The van der Waals surface area contributed by atoms with E-state index in [2.05, 4.69) is 11.9 Å². The molecule has 1 saturated heterocycles. The molecule has 1 fully saturated rings. The molecule has 1 atom stereocenters. The fourth-order valence-corrected chi connectivity index (χ4v) is 1.54. The molecule has 1 unspecified atom stereocenters. The average Bonchev–Trinajstić information content (AvgIpc) is 2.39. The standard InChI is InChI=1S/C8H8F3N.C6H11O.Y/c1-2-6-4-3-5-7(12-6)8(9,10)11;1-6-2-4-7-5-3-6;/h3-5H,2H2,1H3;4,6H,2-3,5H2,1H3;/q;-1;. The molecule has 0 aromatic carbocycles. The first-order chi connectivity index (χ1) is 8.93. The van der Waals surface area contributed by atoms with Gasteiger partial charge in [0.2, 0.25) is 0 Å². The van der Waals surface area contributed by atoms with E-state index in [1.54, 1.807) is 13.0 Å². The van der Waals surface area contributed by atoms with Crippen LogP contribution in [0.3, 0.4) is 0 Å². The van der Waals surface area contributed by atoms with E-state index < -0.39 is 11.9 Å². The summed E-state index contributed by atoms with van der Waals surface area (Å²) < 4.78 is 41.1. The van der Waals surface area contributed by atoms with Crippen molar-refractivity contribution in [1.29, 1.82) is 0 Å². The summed E-state index contributed by atoms with van der Waals surface area (Å²) in [6, 6.07) is 3.92. The first-order valence-electron chi connectivity index (χ1n) is 6.40. The van der Waals surface area contributed by atoms with E-state index in [-0.39, 0.29) is 32.7 Å². The molecule has 1 aliphatic rings. The van der Waals surface area contributed by atoms with Gasteiger partial charge in [-0.25, -0.2) is 11.6 Å². The Labute approximate surface area is 143 Å². The normalized spacial score (nSPS) is 18.6. The van der Waals surface area contributed by atoms with Crippen LogP contribution in [0.2, 0.25) is 0 Å². The summed E-state index contributed by atoms with van der Waals surface area (Å²) in [7, 11) is 0. The molecule has 0 saturated carbocycles. The summed E-state index contributed by atoms with van der Waals surface area (Å²) in [5.41, 5.74) is -0.355. The second-order valence-corrected chi connectivity index (χ2v) is 4.53. The van der Waals surface area contributed by atoms with Crippen molar-refractivity contribution in [2.75, 3.05) is 6.61 Å². The summed E-state index contributed by atoms with van der Waals surface area (Å²) in [4.78, 5) is 3.44. The Morgan fingerprint density at radius 3 is 2.50 bits per heavy atom. The summed E-state index contributed by atoms with van der Waals surface area (Å²) in [6.45, 7) is 6.86. The molecule has 2 rings (SSSR count). The van der Waals surface area contributed by atoms with Gasteiger partial charge in [-0.15, -0.1) is 0 Å². The summed E-state index contributed by atoms with van der Waals surface area (Å²) in [6.07, 6.45) is -1.44. The van der Waals surface area contributed by atoms with Gasteiger partial charge >= 0.3 is 6.18 Å². The van der Waals surface area contributed by atoms with Gasteiger partial charge in [0.25, 0.3) is 0 Å². The van der Waals surface area contributed by atoms with Crippen LogP contribution >= 0.6 is 0 Å². The number of nitrogens with zero attached hydrogens (tertiary/aromatic N) is 1. The summed E-state index contributed by atoms with van der Waals surface area (Å²) in [5, 5.41) is 0. The second kappa shape index (κ2) is 9.85. The molecular weight excluding hydrogens is 344 g/mol. The van der Waals surface area contributed by atoms with Gasteiger partial charge in [-0.1, -0.05) is 25.8 Å². The Bertz CT molecular complexity index is 379. The molecule has 0 spiro atoms. The summed E-state index contributed by atoms with van der Waals surface area (Å²) >= 11 is 0. The monoisotopic (exact) mass is 363 g/mol. The van der Waals surface area contributed by atoms with Gasteiger partial charge in [-0.2, -0.15) is 19.6 Å². The number of aromatic nitrogens is 1. The first-order valence-corrected chi connectivity index (χ1v) is 6.40. The van der Waals surface area contributed by atoms with Crippen LogP contribution in [0.5, 0.6) is 0 Å². The number of ether oxygens (including phenoxy) is 1. The number of aryl methyl sites for hydroxylation is 1. The minimum Gasteiger partial charge on any atom is -0.552 e. The van der Waals surface area contributed by atoms with Crippen LogP contribution in [-0.2, 0) is 50.0 Å². The minimum atomic E-state index is -4.33. The Hall–Kier alpha value is 0.00390. The van der Waals surface area contributed by atoms with Gasteiger partial charge in [-0.05, 0) is 25.0 Å². The third-order valence-electron chi connectivity index (χ3n) is 2.80.